The van der Waals surface area contributed by atoms with Crippen molar-refractivity contribution in [1.82, 2.24) is 0 Å². The second kappa shape index (κ2) is 13.4. The lowest BCUT2D eigenvalue weighted by atomic mass is 9.62. The van der Waals surface area contributed by atoms with Crippen molar-refractivity contribution in [3.8, 4) is 0 Å². The highest BCUT2D eigenvalue weighted by molar-refractivity contribution is 4.88. The van der Waals surface area contributed by atoms with Gasteiger partial charge in [0.15, 0.2) is 0 Å². The molecule has 0 aromatic heterocycles. The third-order valence-electron chi connectivity index (χ3n) is 9.40. The quantitative estimate of drug-likeness (QED) is 0.401. The van der Waals surface area contributed by atoms with Crippen LogP contribution in [0.25, 0.3) is 0 Å². The Morgan fingerprint density at radius 2 is 0.931 bits per heavy atom. The minimum atomic E-state index is 0.720. The van der Waals surface area contributed by atoms with Gasteiger partial charge in [-0.1, -0.05) is 135 Å². The van der Waals surface area contributed by atoms with Gasteiger partial charge < -0.3 is 0 Å². The molecule has 0 nitrogen and oxygen atoms in total. The standard InChI is InChI=1S/C29H54/c1-2-27-20-14-6-3-4-7-15-21-28(27)25-29(22-16-10-5-11-17-23-29)24-26-18-12-8-9-13-19-26/h26-28H,2-25H2,1H3. The van der Waals surface area contributed by atoms with Gasteiger partial charge in [-0.15, -0.1) is 0 Å². The first kappa shape index (κ1) is 23.7. The van der Waals surface area contributed by atoms with Crippen molar-refractivity contribution in [2.75, 3.05) is 0 Å². The molecule has 3 saturated carbocycles. The maximum Gasteiger partial charge on any atom is -0.0292 e. The van der Waals surface area contributed by atoms with Crippen LogP contribution in [0.4, 0.5) is 0 Å². The fourth-order valence-corrected chi connectivity index (χ4v) is 7.68. The maximum absolute atomic E-state index is 2.51. The Labute approximate surface area is 184 Å². The molecular formula is C29H54. The zero-order valence-corrected chi connectivity index (χ0v) is 20.2. The summed E-state index contributed by atoms with van der Waals surface area (Å²) < 4.78 is 0. The lowest BCUT2D eigenvalue weighted by Crippen LogP contribution is -2.31. The number of hydrogen-bond acceptors (Lipinski definition) is 0. The summed E-state index contributed by atoms with van der Waals surface area (Å²) in [7, 11) is 0. The molecule has 2 unspecified atom stereocenters. The van der Waals surface area contributed by atoms with E-state index in [1.165, 1.54) is 103 Å². The molecule has 0 heteroatoms. The second-order valence-corrected chi connectivity index (χ2v) is 11.7. The number of hydrogen-bond donors (Lipinski definition) is 0. The molecular weight excluding hydrogens is 348 g/mol. The SMILES string of the molecule is CCC1CCCCCCCCC1CC1(CC2CCCCCC2)CCCCCCC1. The van der Waals surface area contributed by atoms with Crippen LogP contribution in [0.1, 0.15) is 161 Å². The summed E-state index contributed by atoms with van der Waals surface area (Å²) >= 11 is 0. The van der Waals surface area contributed by atoms with E-state index in [-0.39, 0.29) is 0 Å². The van der Waals surface area contributed by atoms with Gasteiger partial charge in [-0.05, 0) is 48.9 Å². The Bertz CT molecular complexity index is 394. The monoisotopic (exact) mass is 402 g/mol. The first-order chi connectivity index (χ1) is 14.3. The Kier molecular flexibility index (Phi) is 10.9. The van der Waals surface area contributed by atoms with Crippen LogP contribution in [0.15, 0.2) is 0 Å². The lowest BCUT2D eigenvalue weighted by molar-refractivity contribution is 0.0839. The van der Waals surface area contributed by atoms with Crippen molar-refractivity contribution < 1.29 is 0 Å². The van der Waals surface area contributed by atoms with Crippen molar-refractivity contribution in [3.63, 3.8) is 0 Å². The van der Waals surface area contributed by atoms with Gasteiger partial charge in [0.1, 0.15) is 0 Å². The molecule has 0 aromatic carbocycles. The van der Waals surface area contributed by atoms with Crippen LogP contribution < -0.4 is 0 Å². The lowest BCUT2D eigenvalue weighted by Gasteiger charge is -2.43. The molecule has 170 valence electrons. The van der Waals surface area contributed by atoms with Gasteiger partial charge in [0, 0.05) is 0 Å². The van der Waals surface area contributed by atoms with E-state index in [0.717, 1.165) is 23.2 Å². The van der Waals surface area contributed by atoms with E-state index in [1.54, 1.807) is 51.4 Å². The molecule has 0 bridgehead atoms. The van der Waals surface area contributed by atoms with Gasteiger partial charge in [-0.2, -0.15) is 0 Å². The molecule has 3 rings (SSSR count). The molecule has 0 N–H and O–H groups in total. The van der Waals surface area contributed by atoms with Crippen LogP contribution >= 0.6 is 0 Å². The Balaban J connectivity index is 1.72. The number of rotatable bonds is 5. The van der Waals surface area contributed by atoms with E-state index in [1.807, 2.05) is 0 Å². The van der Waals surface area contributed by atoms with Crippen molar-refractivity contribution in [1.29, 1.82) is 0 Å². The summed E-state index contributed by atoms with van der Waals surface area (Å²) in [6.45, 7) is 2.51. The second-order valence-electron chi connectivity index (χ2n) is 11.7. The Morgan fingerprint density at radius 1 is 0.483 bits per heavy atom. The maximum atomic E-state index is 2.51. The molecule has 0 heterocycles. The zero-order chi connectivity index (χ0) is 20.2. The molecule has 0 aliphatic heterocycles. The summed E-state index contributed by atoms with van der Waals surface area (Å²) in [5, 5.41) is 0. The molecule has 0 spiro atoms. The molecule has 0 radical (unpaired) electrons. The zero-order valence-electron chi connectivity index (χ0n) is 20.2. The third-order valence-corrected chi connectivity index (χ3v) is 9.40. The summed E-state index contributed by atoms with van der Waals surface area (Å²) in [6, 6.07) is 0. The predicted molar refractivity (Wildman–Crippen MR) is 129 cm³/mol. The fourth-order valence-electron chi connectivity index (χ4n) is 7.68. The topological polar surface area (TPSA) is 0 Å². The first-order valence-electron chi connectivity index (χ1n) is 14.3. The Hall–Kier alpha value is 0. The summed E-state index contributed by atoms with van der Waals surface area (Å²) in [5.74, 6) is 3.14. The summed E-state index contributed by atoms with van der Waals surface area (Å²) in [4.78, 5) is 0. The molecule has 29 heavy (non-hydrogen) atoms. The van der Waals surface area contributed by atoms with Gasteiger partial charge in [-0.25, -0.2) is 0 Å². The third kappa shape index (κ3) is 8.22. The summed E-state index contributed by atoms with van der Waals surface area (Å²) in [6.07, 6.45) is 36.9. The molecule has 0 saturated heterocycles. The highest BCUT2D eigenvalue weighted by Crippen LogP contribution is 2.49. The minimum Gasteiger partial charge on any atom is -0.0651 e. The van der Waals surface area contributed by atoms with E-state index in [9.17, 15) is 0 Å². The van der Waals surface area contributed by atoms with Crippen LogP contribution in [0.3, 0.4) is 0 Å². The first-order valence-corrected chi connectivity index (χ1v) is 14.3. The van der Waals surface area contributed by atoms with Crippen molar-refractivity contribution >= 4 is 0 Å². The van der Waals surface area contributed by atoms with Crippen LogP contribution in [0.5, 0.6) is 0 Å². The van der Waals surface area contributed by atoms with Gasteiger partial charge >= 0.3 is 0 Å². The van der Waals surface area contributed by atoms with E-state index in [4.69, 9.17) is 0 Å². The molecule has 0 amide bonds. The molecule has 3 aliphatic rings. The predicted octanol–water partition coefficient (Wildman–Crippen LogP) is 10.2. The van der Waals surface area contributed by atoms with E-state index >= 15 is 0 Å². The summed E-state index contributed by atoms with van der Waals surface area (Å²) in [5.41, 5.74) is 0.720. The van der Waals surface area contributed by atoms with Gasteiger partial charge in [0.2, 0.25) is 0 Å². The normalized spacial score (nSPS) is 31.3. The average Bonchev–Trinajstić information content (AvgIpc) is 2.98. The van der Waals surface area contributed by atoms with Crippen molar-refractivity contribution in [2.24, 2.45) is 23.2 Å². The smallest absolute Gasteiger partial charge is 0.0292 e. The van der Waals surface area contributed by atoms with Gasteiger partial charge in [0.25, 0.3) is 0 Å². The molecule has 2 atom stereocenters. The minimum absolute atomic E-state index is 0.720. The van der Waals surface area contributed by atoms with Gasteiger partial charge in [0.05, 0.1) is 0 Å². The highest BCUT2D eigenvalue weighted by atomic mass is 14.4. The van der Waals surface area contributed by atoms with Crippen LogP contribution in [0, 0.1) is 23.2 Å². The van der Waals surface area contributed by atoms with E-state index in [2.05, 4.69) is 6.92 Å². The highest BCUT2D eigenvalue weighted by Gasteiger charge is 2.37. The van der Waals surface area contributed by atoms with Crippen LogP contribution in [-0.4, -0.2) is 0 Å². The Morgan fingerprint density at radius 3 is 1.48 bits per heavy atom. The van der Waals surface area contributed by atoms with E-state index in [0.29, 0.717) is 0 Å². The van der Waals surface area contributed by atoms with Crippen molar-refractivity contribution in [2.45, 2.75) is 161 Å². The molecule has 3 aliphatic carbocycles. The molecule has 0 aromatic rings. The fraction of sp³-hybridized carbons (Fsp3) is 1.00. The van der Waals surface area contributed by atoms with Crippen LogP contribution in [-0.2, 0) is 0 Å². The largest absolute Gasteiger partial charge is 0.0651 e. The average molecular weight is 403 g/mol. The molecule has 3 fully saturated rings. The van der Waals surface area contributed by atoms with Gasteiger partial charge in [-0.3, -0.25) is 0 Å². The van der Waals surface area contributed by atoms with Crippen LogP contribution in [0.2, 0.25) is 0 Å². The van der Waals surface area contributed by atoms with Crippen molar-refractivity contribution in [3.05, 3.63) is 0 Å². The van der Waals surface area contributed by atoms with E-state index < -0.39 is 0 Å².